The van der Waals surface area contributed by atoms with E-state index in [-0.39, 0.29) is 11.3 Å². The fraction of sp³-hybridized carbons (Fsp3) is 0.235. The monoisotopic (exact) mass is 284 g/mol. The van der Waals surface area contributed by atoms with E-state index in [1.54, 1.807) is 18.2 Å². The molecule has 0 spiro atoms. The molecule has 0 aliphatic heterocycles. The number of carbonyl (C=O) groups excluding carboxylic acids is 1. The van der Waals surface area contributed by atoms with Gasteiger partial charge in [0.2, 0.25) is 0 Å². The molecule has 0 aromatic heterocycles. The average Bonchev–Trinajstić information content (AvgIpc) is 2.49. The third-order valence-electron chi connectivity index (χ3n) is 3.62. The van der Waals surface area contributed by atoms with Gasteiger partial charge in [0.25, 0.3) is 5.91 Å². The van der Waals surface area contributed by atoms with Crippen LogP contribution < -0.4 is 16.2 Å². The first-order chi connectivity index (χ1) is 10.0. The second-order valence-corrected chi connectivity index (χ2v) is 5.06. The number of benzene rings is 2. The highest BCUT2D eigenvalue weighted by molar-refractivity contribution is 5.99. The topological polar surface area (TPSA) is 78.3 Å². The summed E-state index contributed by atoms with van der Waals surface area (Å²) in [7, 11) is 0. The van der Waals surface area contributed by atoms with E-state index >= 15 is 0 Å². The van der Waals surface area contributed by atoms with Crippen molar-refractivity contribution < 1.29 is 9.53 Å². The molecule has 0 fully saturated rings. The number of nitrogens with two attached hydrogens (primary N) is 2. The van der Waals surface area contributed by atoms with Gasteiger partial charge >= 0.3 is 0 Å². The summed E-state index contributed by atoms with van der Waals surface area (Å²) < 4.78 is 5.74. The van der Waals surface area contributed by atoms with Gasteiger partial charge in [0.1, 0.15) is 5.75 Å². The van der Waals surface area contributed by atoms with Gasteiger partial charge in [0.05, 0.1) is 11.3 Å². The largest absolute Gasteiger partial charge is 0.455 e. The van der Waals surface area contributed by atoms with Crippen LogP contribution in [0.15, 0.2) is 42.5 Å². The predicted octanol–water partition coefficient (Wildman–Crippen LogP) is 3.67. The standard InChI is InChI=1S/C17H20N2O2/c1-3-11(2)12-7-9-13(10-8-12)21-15-6-4-5-14(16(15)18)17(19)20/h4-11H,3,18H2,1-2H3,(H2,19,20). The molecule has 0 saturated heterocycles. The first kappa shape index (κ1) is 14.9. The van der Waals surface area contributed by atoms with Crippen molar-refractivity contribution in [3.05, 3.63) is 53.6 Å². The van der Waals surface area contributed by atoms with Crippen LogP contribution in [-0.4, -0.2) is 5.91 Å². The predicted molar refractivity (Wildman–Crippen MR) is 84.6 cm³/mol. The number of anilines is 1. The van der Waals surface area contributed by atoms with Crippen LogP contribution in [-0.2, 0) is 0 Å². The Hall–Kier alpha value is -2.49. The van der Waals surface area contributed by atoms with E-state index in [2.05, 4.69) is 13.8 Å². The molecule has 110 valence electrons. The Bertz CT molecular complexity index is 636. The van der Waals surface area contributed by atoms with E-state index in [9.17, 15) is 4.79 Å². The minimum atomic E-state index is -0.565. The Morgan fingerprint density at radius 2 is 1.86 bits per heavy atom. The Morgan fingerprint density at radius 1 is 1.19 bits per heavy atom. The average molecular weight is 284 g/mol. The molecule has 0 heterocycles. The Morgan fingerprint density at radius 3 is 2.43 bits per heavy atom. The number of para-hydroxylation sites is 1. The van der Waals surface area contributed by atoms with E-state index in [1.807, 2.05) is 24.3 Å². The Kier molecular flexibility index (Phi) is 4.48. The van der Waals surface area contributed by atoms with Gasteiger partial charge in [-0.1, -0.05) is 32.0 Å². The zero-order valence-corrected chi connectivity index (χ0v) is 12.3. The SMILES string of the molecule is CCC(C)c1ccc(Oc2cccc(C(N)=O)c2N)cc1. The molecule has 1 unspecified atom stereocenters. The molecule has 1 amide bonds. The van der Waals surface area contributed by atoms with Crippen LogP contribution in [0.25, 0.3) is 0 Å². The fourth-order valence-corrected chi connectivity index (χ4v) is 2.07. The minimum absolute atomic E-state index is 0.260. The van der Waals surface area contributed by atoms with Gasteiger partial charge in [-0.3, -0.25) is 4.79 Å². The minimum Gasteiger partial charge on any atom is -0.455 e. The van der Waals surface area contributed by atoms with E-state index < -0.39 is 5.91 Å². The quantitative estimate of drug-likeness (QED) is 0.822. The number of hydrogen-bond acceptors (Lipinski definition) is 3. The highest BCUT2D eigenvalue weighted by Crippen LogP contribution is 2.30. The lowest BCUT2D eigenvalue weighted by Gasteiger charge is -2.12. The fourth-order valence-electron chi connectivity index (χ4n) is 2.07. The van der Waals surface area contributed by atoms with E-state index in [0.29, 0.717) is 17.4 Å². The van der Waals surface area contributed by atoms with Crippen molar-refractivity contribution >= 4 is 11.6 Å². The summed E-state index contributed by atoms with van der Waals surface area (Å²) in [6.07, 6.45) is 1.09. The maximum atomic E-state index is 11.3. The number of ether oxygens (including phenoxy) is 1. The summed E-state index contributed by atoms with van der Waals surface area (Å²) in [6.45, 7) is 4.34. The summed E-state index contributed by atoms with van der Waals surface area (Å²) in [5.74, 6) is 1.06. The van der Waals surface area contributed by atoms with Crippen LogP contribution in [0, 0.1) is 0 Å². The van der Waals surface area contributed by atoms with Crippen molar-refractivity contribution in [3.63, 3.8) is 0 Å². The van der Waals surface area contributed by atoms with E-state index in [0.717, 1.165) is 6.42 Å². The first-order valence-electron chi connectivity index (χ1n) is 6.99. The van der Waals surface area contributed by atoms with Gasteiger partial charge in [0.15, 0.2) is 5.75 Å². The molecule has 0 radical (unpaired) electrons. The van der Waals surface area contributed by atoms with Crippen molar-refractivity contribution in [2.24, 2.45) is 5.73 Å². The molecule has 2 rings (SSSR count). The molecule has 0 aliphatic carbocycles. The number of primary amides is 1. The van der Waals surface area contributed by atoms with Crippen LogP contribution in [0.1, 0.15) is 42.1 Å². The Labute approximate surface area is 124 Å². The van der Waals surface area contributed by atoms with Crippen molar-refractivity contribution in [3.8, 4) is 11.5 Å². The van der Waals surface area contributed by atoms with E-state index in [1.165, 1.54) is 5.56 Å². The molecular weight excluding hydrogens is 264 g/mol. The summed E-state index contributed by atoms with van der Waals surface area (Å²) in [6, 6.07) is 12.9. The molecule has 4 nitrogen and oxygen atoms in total. The highest BCUT2D eigenvalue weighted by atomic mass is 16.5. The van der Waals surface area contributed by atoms with Crippen LogP contribution in [0.2, 0.25) is 0 Å². The van der Waals surface area contributed by atoms with Crippen LogP contribution in [0.5, 0.6) is 11.5 Å². The summed E-state index contributed by atoms with van der Waals surface area (Å²) in [5, 5.41) is 0. The van der Waals surface area contributed by atoms with Crippen LogP contribution in [0.3, 0.4) is 0 Å². The van der Waals surface area contributed by atoms with Crippen LogP contribution in [0.4, 0.5) is 5.69 Å². The van der Waals surface area contributed by atoms with Gasteiger partial charge in [-0.15, -0.1) is 0 Å². The number of hydrogen-bond donors (Lipinski definition) is 2. The normalized spacial score (nSPS) is 11.9. The maximum absolute atomic E-state index is 11.3. The summed E-state index contributed by atoms with van der Waals surface area (Å²) in [5.41, 5.74) is 13.0. The molecule has 2 aromatic rings. The highest BCUT2D eigenvalue weighted by Gasteiger charge is 2.11. The zero-order chi connectivity index (χ0) is 15.4. The molecule has 0 bridgehead atoms. The molecule has 4 N–H and O–H groups in total. The van der Waals surface area contributed by atoms with Gasteiger partial charge in [-0.2, -0.15) is 0 Å². The molecule has 2 aromatic carbocycles. The summed E-state index contributed by atoms with van der Waals surface area (Å²) >= 11 is 0. The summed E-state index contributed by atoms with van der Waals surface area (Å²) in [4.78, 5) is 11.3. The zero-order valence-electron chi connectivity index (χ0n) is 12.3. The lowest BCUT2D eigenvalue weighted by Crippen LogP contribution is -2.13. The molecule has 1 atom stereocenters. The molecule has 4 heteroatoms. The number of carbonyl (C=O) groups is 1. The third kappa shape index (κ3) is 3.34. The Balaban J connectivity index is 2.22. The van der Waals surface area contributed by atoms with E-state index in [4.69, 9.17) is 16.2 Å². The maximum Gasteiger partial charge on any atom is 0.250 e. The smallest absolute Gasteiger partial charge is 0.250 e. The lowest BCUT2D eigenvalue weighted by atomic mass is 9.99. The first-order valence-corrected chi connectivity index (χ1v) is 6.99. The number of amides is 1. The lowest BCUT2D eigenvalue weighted by molar-refractivity contribution is 0.100. The van der Waals surface area contributed by atoms with Gasteiger partial charge in [0, 0.05) is 0 Å². The van der Waals surface area contributed by atoms with Gasteiger partial charge in [-0.05, 0) is 42.2 Å². The second-order valence-electron chi connectivity index (χ2n) is 5.06. The van der Waals surface area contributed by atoms with Crippen molar-refractivity contribution in [1.82, 2.24) is 0 Å². The number of nitrogen functional groups attached to an aromatic ring is 1. The van der Waals surface area contributed by atoms with Gasteiger partial charge < -0.3 is 16.2 Å². The number of rotatable bonds is 5. The second kappa shape index (κ2) is 6.31. The van der Waals surface area contributed by atoms with Crippen molar-refractivity contribution in [2.45, 2.75) is 26.2 Å². The molecular formula is C17H20N2O2. The molecule has 21 heavy (non-hydrogen) atoms. The van der Waals surface area contributed by atoms with Gasteiger partial charge in [-0.25, -0.2) is 0 Å². The third-order valence-corrected chi connectivity index (χ3v) is 3.62. The van der Waals surface area contributed by atoms with Crippen LogP contribution >= 0.6 is 0 Å². The molecule has 0 aliphatic rings. The van der Waals surface area contributed by atoms with Crippen molar-refractivity contribution in [1.29, 1.82) is 0 Å². The molecule has 0 saturated carbocycles. The van der Waals surface area contributed by atoms with Crippen molar-refractivity contribution in [2.75, 3.05) is 5.73 Å².